The largest absolute Gasteiger partial charge is 0.326 e. The molecule has 1 amide bonds. The smallest absolute Gasteiger partial charge is 0.221 e. The molecule has 1 aromatic rings. The molecule has 3 heteroatoms. The molecular formula is C11H14FNO. The summed E-state index contributed by atoms with van der Waals surface area (Å²) >= 11 is 0. The molecule has 0 saturated heterocycles. The Hall–Kier alpha value is -1.38. The van der Waals surface area contributed by atoms with Gasteiger partial charge in [0, 0.05) is 12.6 Å². The quantitative estimate of drug-likeness (QED) is 0.772. The zero-order valence-electron chi connectivity index (χ0n) is 8.60. The lowest BCUT2D eigenvalue weighted by Gasteiger charge is -2.12. The van der Waals surface area contributed by atoms with Crippen molar-refractivity contribution in [2.75, 3.05) is 5.32 Å². The summed E-state index contributed by atoms with van der Waals surface area (Å²) in [6, 6.07) is 4.45. The van der Waals surface area contributed by atoms with Crippen LogP contribution >= 0.6 is 0 Å². The fourth-order valence-electron chi connectivity index (χ4n) is 1.33. The Morgan fingerprint density at radius 3 is 2.57 bits per heavy atom. The summed E-state index contributed by atoms with van der Waals surface area (Å²) in [4.78, 5) is 10.9. The third-order valence-corrected chi connectivity index (χ3v) is 1.95. The molecule has 1 N–H and O–H groups in total. The van der Waals surface area contributed by atoms with Gasteiger partial charge in [0.1, 0.15) is 5.82 Å². The standard InChI is InChI=1S/C11H14FNO/c1-7(2)10-5-4-9(12)6-11(10)13-8(3)14/h4-7H,1-3H3,(H,13,14). The van der Waals surface area contributed by atoms with Gasteiger partial charge in [-0.2, -0.15) is 0 Å². The number of carbonyl (C=O) groups excluding carboxylic acids is 1. The molecule has 0 aliphatic heterocycles. The molecule has 1 rings (SSSR count). The monoisotopic (exact) mass is 195 g/mol. The molecule has 14 heavy (non-hydrogen) atoms. The number of rotatable bonds is 2. The van der Waals surface area contributed by atoms with Gasteiger partial charge in [0.05, 0.1) is 0 Å². The van der Waals surface area contributed by atoms with Gasteiger partial charge in [0.2, 0.25) is 5.91 Å². The number of hydrogen-bond donors (Lipinski definition) is 1. The zero-order chi connectivity index (χ0) is 10.7. The molecule has 0 aliphatic rings. The van der Waals surface area contributed by atoms with Crippen molar-refractivity contribution in [1.29, 1.82) is 0 Å². The molecule has 0 aromatic heterocycles. The van der Waals surface area contributed by atoms with Gasteiger partial charge < -0.3 is 5.32 Å². The average molecular weight is 195 g/mol. The molecule has 0 aliphatic carbocycles. The number of benzene rings is 1. The van der Waals surface area contributed by atoms with Crippen LogP contribution in [0.5, 0.6) is 0 Å². The summed E-state index contributed by atoms with van der Waals surface area (Å²) in [6.07, 6.45) is 0. The maximum absolute atomic E-state index is 12.9. The highest BCUT2D eigenvalue weighted by molar-refractivity contribution is 5.89. The Morgan fingerprint density at radius 1 is 1.43 bits per heavy atom. The third-order valence-electron chi connectivity index (χ3n) is 1.95. The number of carbonyl (C=O) groups is 1. The van der Waals surface area contributed by atoms with E-state index in [9.17, 15) is 9.18 Å². The minimum Gasteiger partial charge on any atom is -0.326 e. The van der Waals surface area contributed by atoms with Crippen molar-refractivity contribution >= 4 is 11.6 Å². The summed E-state index contributed by atoms with van der Waals surface area (Å²) < 4.78 is 12.9. The minimum absolute atomic E-state index is 0.183. The number of anilines is 1. The van der Waals surface area contributed by atoms with E-state index in [1.807, 2.05) is 13.8 Å². The summed E-state index contributed by atoms with van der Waals surface area (Å²) in [5.41, 5.74) is 1.51. The Balaban J connectivity index is 3.09. The third kappa shape index (κ3) is 2.55. The van der Waals surface area contributed by atoms with Crippen LogP contribution in [-0.4, -0.2) is 5.91 Å². The van der Waals surface area contributed by atoms with Gasteiger partial charge in [0.15, 0.2) is 0 Å². The number of hydrogen-bond acceptors (Lipinski definition) is 1. The van der Waals surface area contributed by atoms with E-state index in [0.29, 0.717) is 5.69 Å². The van der Waals surface area contributed by atoms with Crippen LogP contribution in [0.15, 0.2) is 18.2 Å². The van der Waals surface area contributed by atoms with Crippen LogP contribution < -0.4 is 5.32 Å². The van der Waals surface area contributed by atoms with Gasteiger partial charge in [-0.05, 0) is 23.6 Å². The van der Waals surface area contributed by atoms with E-state index >= 15 is 0 Å². The molecule has 0 atom stereocenters. The van der Waals surface area contributed by atoms with Crippen molar-refractivity contribution in [3.63, 3.8) is 0 Å². The first-order valence-electron chi connectivity index (χ1n) is 4.57. The van der Waals surface area contributed by atoms with Gasteiger partial charge in [-0.3, -0.25) is 4.79 Å². The molecule has 0 unspecified atom stereocenters. The van der Waals surface area contributed by atoms with Gasteiger partial charge in [-0.25, -0.2) is 4.39 Å². The first kappa shape index (κ1) is 10.7. The molecule has 76 valence electrons. The van der Waals surface area contributed by atoms with E-state index < -0.39 is 0 Å². The fraction of sp³-hybridized carbons (Fsp3) is 0.364. The van der Waals surface area contributed by atoms with Gasteiger partial charge in [0.25, 0.3) is 0 Å². The zero-order valence-corrected chi connectivity index (χ0v) is 8.60. The van der Waals surface area contributed by atoms with Crippen molar-refractivity contribution in [2.24, 2.45) is 0 Å². The van der Waals surface area contributed by atoms with Gasteiger partial charge >= 0.3 is 0 Å². The predicted molar refractivity (Wildman–Crippen MR) is 54.8 cm³/mol. The maximum Gasteiger partial charge on any atom is 0.221 e. The second-order valence-corrected chi connectivity index (χ2v) is 3.57. The van der Waals surface area contributed by atoms with Gasteiger partial charge in [-0.1, -0.05) is 19.9 Å². The van der Waals surface area contributed by atoms with Crippen LogP contribution in [0.1, 0.15) is 32.3 Å². The predicted octanol–water partition coefficient (Wildman–Crippen LogP) is 2.91. The van der Waals surface area contributed by atoms with Crippen molar-refractivity contribution in [1.82, 2.24) is 0 Å². The van der Waals surface area contributed by atoms with Crippen LogP contribution in [0, 0.1) is 5.82 Å². The molecule has 0 radical (unpaired) electrons. The minimum atomic E-state index is -0.335. The molecule has 2 nitrogen and oxygen atoms in total. The fourth-order valence-corrected chi connectivity index (χ4v) is 1.33. The van der Waals surface area contributed by atoms with E-state index in [-0.39, 0.29) is 17.6 Å². The number of nitrogens with one attached hydrogen (secondary N) is 1. The van der Waals surface area contributed by atoms with Crippen LogP contribution in [0.4, 0.5) is 10.1 Å². The lowest BCUT2D eigenvalue weighted by atomic mass is 10.0. The SMILES string of the molecule is CC(=O)Nc1cc(F)ccc1C(C)C. The van der Waals surface area contributed by atoms with Crippen molar-refractivity contribution in [3.05, 3.63) is 29.6 Å². The number of halogens is 1. The highest BCUT2D eigenvalue weighted by atomic mass is 19.1. The van der Waals surface area contributed by atoms with Crippen molar-refractivity contribution in [2.45, 2.75) is 26.7 Å². The lowest BCUT2D eigenvalue weighted by Crippen LogP contribution is -2.09. The lowest BCUT2D eigenvalue weighted by molar-refractivity contribution is -0.114. The van der Waals surface area contributed by atoms with Crippen LogP contribution in [0.25, 0.3) is 0 Å². The summed E-state index contributed by atoms with van der Waals surface area (Å²) in [6.45, 7) is 5.41. The Labute approximate surface area is 83.1 Å². The summed E-state index contributed by atoms with van der Waals surface area (Å²) in [5, 5.41) is 2.62. The molecule has 0 saturated carbocycles. The molecule has 0 fully saturated rings. The van der Waals surface area contributed by atoms with E-state index in [1.54, 1.807) is 6.07 Å². The summed E-state index contributed by atoms with van der Waals surface area (Å²) in [5.74, 6) is -0.256. The van der Waals surface area contributed by atoms with Crippen LogP contribution in [-0.2, 0) is 4.79 Å². The second kappa shape index (κ2) is 4.22. The second-order valence-electron chi connectivity index (χ2n) is 3.57. The molecule has 0 heterocycles. The van der Waals surface area contributed by atoms with Gasteiger partial charge in [-0.15, -0.1) is 0 Å². The average Bonchev–Trinajstić information content (AvgIpc) is 2.01. The summed E-state index contributed by atoms with van der Waals surface area (Å²) in [7, 11) is 0. The highest BCUT2D eigenvalue weighted by Gasteiger charge is 2.08. The first-order chi connectivity index (χ1) is 6.50. The van der Waals surface area contributed by atoms with E-state index in [4.69, 9.17) is 0 Å². The molecular weight excluding hydrogens is 181 g/mol. The van der Waals surface area contributed by atoms with Crippen molar-refractivity contribution < 1.29 is 9.18 Å². The van der Waals surface area contributed by atoms with Crippen molar-refractivity contribution in [3.8, 4) is 0 Å². The highest BCUT2D eigenvalue weighted by Crippen LogP contribution is 2.24. The van der Waals surface area contributed by atoms with E-state index in [0.717, 1.165) is 5.56 Å². The Kier molecular flexibility index (Phi) is 3.23. The maximum atomic E-state index is 12.9. The molecule has 1 aromatic carbocycles. The number of amides is 1. The topological polar surface area (TPSA) is 29.1 Å². The Bertz CT molecular complexity index is 347. The van der Waals surface area contributed by atoms with E-state index in [1.165, 1.54) is 19.1 Å². The van der Waals surface area contributed by atoms with E-state index in [2.05, 4.69) is 5.32 Å². The normalized spacial score (nSPS) is 10.4. The van der Waals surface area contributed by atoms with Crippen LogP contribution in [0.3, 0.4) is 0 Å². The molecule has 0 spiro atoms. The van der Waals surface area contributed by atoms with Crippen LogP contribution in [0.2, 0.25) is 0 Å². The Morgan fingerprint density at radius 2 is 2.07 bits per heavy atom. The first-order valence-corrected chi connectivity index (χ1v) is 4.57. The molecule has 0 bridgehead atoms.